The van der Waals surface area contributed by atoms with Gasteiger partial charge in [-0.2, -0.15) is 0 Å². The highest BCUT2D eigenvalue weighted by Crippen LogP contribution is 2.35. The monoisotopic (exact) mass is 274 g/mol. The SMILES string of the molecule is CN1CCC(N(C)c2cc3c(cc2N)CC(=O)N3)CC1. The summed E-state index contributed by atoms with van der Waals surface area (Å²) in [6.45, 7) is 2.24. The van der Waals surface area contributed by atoms with E-state index in [9.17, 15) is 4.79 Å². The molecule has 20 heavy (non-hydrogen) atoms. The predicted octanol–water partition coefficient (Wildman–Crippen LogP) is 1.29. The van der Waals surface area contributed by atoms with Crippen LogP contribution in [0.1, 0.15) is 18.4 Å². The molecule has 0 spiro atoms. The summed E-state index contributed by atoms with van der Waals surface area (Å²) in [6.07, 6.45) is 2.74. The molecule has 0 atom stereocenters. The lowest BCUT2D eigenvalue weighted by Gasteiger charge is -2.37. The maximum absolute atomic E-state index is 11.5. The molecule has 1 amide bonds. The van der Waals surface area contributed by atoms with Crippen molar-refractivity contribution in [1.29, 1.82) is 0 Å². The molecule has 0 aliphatic carbocycles. The Kier molecular flexibility index (Phi) is 3.30. The average molecular weight is 274 g/mol. The van der Waals surface area contributed by atoms with E-state index in [1.807, 2.05) is 12.1 Å². The molecule has 2 aliphatic heterocycles. The zero-order chi connectivity index (χ0) is 14.3. The van der Waals surface area contributed by atoms with E-state index in [1.165, 1.54) is 0 Å². The topological polar surface area (TPSA) is 61.6 Å². The van der Waals surface area contributed by atoms with Gasteiger partial charge in [0.05, 0.1) is 17.8 Å². The molecule has 0 saturated carbocycles. The normalized spacial score (nSPS) is 19.8. The number of carbonyl (C=O) groups is 1. The van der Waals surface area contributed by atoms with Crippen LogP contribution in [0.3, 0.4) is 0 Å². The molecule has 3 rings (SSSR count). The number of nitrogen functional groups attached to an aromatic ring is 1. The van der Waals surface area contributed by atoms with Crippen molar-refractivity contribution in [1.82, 2.24) is 4.90 Å². The van der Waals surface area contributed by atoms with Gasteiger partial charge in [-0.1, -0.05) is 0 Å². The van der Waals surface area contributed by atoms with Gasteiger partial charge in [0.1, 0.15) is 0 Å². The zero-order valence-corrected chi connectivity index (χ0v) is 12.1. The van der Waals surface area contributed by atoms with Crippen molar-refractivity contribution in [2.24, 2.45) is 0 Å². The number of fused-ring (bicyclic) bond motifs is 1. The lowest BCUT2D eigenvalue weighted by molar-refractivity contribution is -0.115. The van der Waals surface area contributed by atoms with Crippen LogP contribution >= 0.6 is 0 Å². The molecule has 5 heteroatoms. The van der Waals surface area contributed by atoms with Crippen LogP contribution < -0.4 is 16.0 Å². The second kappa shape index (κ2) is 4.98. The fraction of sp³-hybridized carbons (Fsp3) is 0.533. The van der Waals surface area contributed by atoms with Gasteiger partial charge < -0.3 is 20.9 Å². The Balaban J connectivity index is 1.83. The molecule has 0 unspecified atom stereocenters. The smallest absolute Gasteiger partial charge is 0.228 e. The largest absolute Gasteiger partial charge is 0.397 e. The number of nitrogens with zero attached hydrogens (tertiary/aromatic N) is 2. The number of hydrogen-bond acceptors (Lipinski definition) is 4. The summed E-state index contributed by atoms with van der Waals surface area (Å²) in [6, 6.07) is 4.48. The maximum Gasteiger partial charge on any atom is 0.228 e. The van der Waals surface area contributed by atoms with E-state index in [-0.39, 0.29) is 5.91 Å². The minimum atomic E-state index is 0.0542. The van der Waals surface area contributed by atoms with Gasteiger partial charge in [0.15, 0.2) is 0 Å². The van der Waals surface area contributed by atoms with Gasteiger partial charge in [0, 0.05) is 18.8 Å². The fourth-order valence-electron chi connectivity index (χ4n) is 3.17. The number of nitrogens with one attached hydrogen (secondary N) is 1. The van der Waals surface area contributed by atoms with E-state index in [0.717, 1.165) is 48.6 Å². The first-order valence-corrected chi connectivity index (χ1v) is 7.18. The number of hydrogen-bond donors (Lipinski definition) is 2. The third-order valence-corrected chi connectivity index (χ3v) is 4.49. The number of nitrogens with two attached hydrogens (primary N) is 1. The lowest BCUT2D eigenvalue weighted by Crippen LogP contribution is -2.42. The summed E-state index contributed by atoms with van der Waals surface area (Å²) in [5, 5.41) is 2.90. The molecule has 1 saturated heterocycles. The highest BCUT2D eigenvalue weighted by atomic mass is 16.1. The minimum absolute atomic E-state index is 0.0542. The van der Waals surface area contributed by atoms with Crippen LogP contribution in [0.4, 0.5) is 17.1 Å². The maximum atomic E-state index is 11.5. The molecule has 0 aromatic heterocycles. The highest BCUT2D eigenvalue weighted by Gasteiger charge is 2.25. The summed E-state index contributed by atoms with van der Waals surface area (Å²) in [5.74, 6) is 0.0542. The summed E-state index contributed by atoms with van der Waals surface area (Å²) in [7, 11) is 4.26. The molecule has 2 heterocycles. The second-order valence-electron chi connectivity index (χ2n) is 5.94. The molecular weight excluding hydrogens is 252 g/mol. The zero-order valence-electron chi connectivity index (χ0n) is 12.1. The van der Waals surface area contributed by atoms with Crippen LogP contribution in [0.2, 0.25) is 0 Å². The highest BCUT2D eigenvalue weighted by molar-refractivity contribution is 6.00. The molecule has 1 fully saturated rings. The van der Waals surface area contributed by atoms with Gasteiger partial charge in [-0.15, -0.1) is 0 Å². The van der Waals surface area contributed by atoms with E-state index in [4.69, 9.17) is 5.73 Å². The quantitative estimate of drug-likeness (QED) is 0.798. The molecule has 0 bridgehead atoms. The number of likely N-dealkylation sites (tertiary alicyclic amines) is 1. The molecule has 2 aliphatic rings. The molecule has 1 aromatic rings. The first-order chi connectivity index (χ1) is 9.54. The van der Waals surface area contributed by atoms with Crippen molar-refractivity contribution in [3.05, 3.63) is 17.7 Å². The average Bonchev–Trinajstić information content (AvgIpc) is 2.77. The van der Waals surface area contributed by atoms with Crippen molar-refractivity contribution in [2.75, 3.05) is 43.1 Å². The fourth-order valence-corrected chi connectivity index (χ4v) is 3.17. The number of carbonyl (C=O) groups excluding carboxylic acids is 1. The Morgan fingerprint density at radius 3 is 2.75 bits per heavy atom. The summed E-state index contributed by atoms with van der Waals surface area (Å²) >= 11 is 0. The Morgan fingerprint density at radius 2 is 2.05 bits per heavy atom. The Hall–Kier alpha value is -1.75. The van der Waals surface area contributed by atoms with Crippen molar-refractivity contribution < 1.29 is 4.79 Å². The first kappa shape index (κ1) is 13.2. The van der Waals surface area contributed by atoms with Gasteiger partial charge >= 0.3 is 0 Å². The standard InChI is InChI=1S/C15H22N4O/c1-18-5-3-11(4-6-18)19(2)14-9-13-10(7-12(14)16)8-15(20)17-13/h7,9,11H,3-6,8,16H2,1-2H3,(H,17,20). The van der Waals surface area contributed by atoms with Crippen LogP contribution in [0.25, 0.3) is 0 Å². The third kappa shape index (κ3) is 2.33. The van der Waals surface area contributed by atoms with E-state index < -0.39 is 0 Å². The molecule has 1 aromatic carbocycles. The van der Waals surface area contributed by atoms with Gasteiger partial charge in [-0.05, 0) is 50.7 Å². The Bertz CT molecular complexity index is 535. The van der Waals surface area contributed by atoms with Crippen LogP contribution in [-0.4, -0.2) is 44.0 Å². The predicted molar refractivity (Wildman–Crippen MR) is 82.1 cm³/mol. The van der Waals surface area contributed by atoms with Crippen molar-refractivity contribution in [2.45, 2.75) is 25.3 Å². The van der Waals surface area contributed by atoms with Gasteiger partial charge in [-0.3, -0.25) is 4.79 Å². The van der Waals surface area contributed by atoms with Crippen LogP contribution in [0.15, 0.2) is 12.1 Å². The molecular formula is C15H22N4O. The summed E-state index contributed by atoms with van der Waals surface area (Å²) < 4.78 is 0. The van der Waals surface area contributed by atoms with Crippen molar-refractivity contribution in [3.63, 3.8) is 0 Å². The molecule has 5 nitrogen and oxygen atoms in total. The third-order valence-electron chi connectivity index (χ3n) is 4.49. The second-order valence-corrected chi connectivity index (χ2v) is 5.94. The van der Waals surface area contributed by atoms with Crippen molar-refractivity contribution in [3.8, 4) is 0 Å². The molecule has 3 N–H and O–H groups in total. The Morgan fingerprint density at radius 1 is 1.35 bits per heavy atom. The Labute approximate surface area is 119 Å². The van der Waals surface area contributed by atoms with E-state index >= 15 is 0 Å². The number of rotatable bonds is 2. The van der Waals surface area contributed by atoms with E-state index in [1.54, 1.807) is 0 Å². The van der Waals surface area contributed by atoms with E-state index in [0.29, 0.717) is 12.5 Å². The van der Waals surface area contributed by atoms with Crippen molar-refractivity contribution >= 4 is 23.0 Å². The van der Waals surface area contributed by atoms with Crippen LogP contribution in [0.5, 0.6) is 0 Å². The lowest BCUT2D eigenvalue weighted by atomic mass is 10.0. The number of benzene rings is 1. The van der Waals surface area contributed by atoms with Gasteiger partial charge in [0.25, 0.3) is 0 Å². The molecule has 0 radical (unpaired) electrons. The number of amides is 1. The summed E-state index contributed by atoms with van der Waals surface area (Å²) in [5.41, 5.74) is 9.90. The first-order valence-electron chi connectivity index (χ1n) is 7.18. The molecule has 108 valence electrons. The van der Waals surface area contributed by atoms with Crippen LogP contribution in [0, 0.1) is 0 Å². The number of anilines is 3. The number of piperidine rings is 1. The van der Waals surface area contributed by atoms with Crippen LogP contribution in [-0.2, 0) is 11.2 Å². The van der Waals surface area contributed by atoms with Gasteiger partial charge in [0.2, 0.25) is 5.91 Å². The summed E-state index contributed by atoms with van der Waals surface area (Å²) in [4.78, 5) is 16.1. The van der Waals surface area contributed by atoms with Gasteiger partial charge in [-0.25, -0.2) is 0 Å². The minimum Gasteiger partial charge on any atom is -0.397 e. The van der Waals surface area contributed by atoms with E-state index in [2.05, 4.69) is 29.2 Å².